The van der Waals surface area contributed by atoms with Gasteiger partial charge in [-0.15, -0.1) is 0 Å². The van der Waals surface area contributed by atoms with Crippen molar-refractivity contribution in [3.63, 3.8) is 0 Å². The topological polar surface area (TPSA) is 40.6 Å². The molecule has 0 aliphatic carbocycles. The van der Waals surface area contributed by atoms with Crippen molar-refractivity contribution in [2.45, 2.75) is 0 Å². The number of fused-ring (bicyclic) bond motifs is 2. The van der Waals surface area contributed by atoms with Gasteiger partial charge in [0.15, 0.2) is 0 Å². The molecule has 0 fully saturated rings. The first-order valence-corrected chi connectivity index (χ1v) is 9.84. The van der Waals surface area contributed by atoms with E-state index in [0.29, 0.717) is 11.4 Å². The van der Waals surface area contributed by atoms with E-state index in [4.69, 9.17) is 0 Å². The van der Waals surface area contributed by atoms with Crippen LogP contribution in [-0.2, 0) is 0 Å². The number of hydrogen-bond donors (Lipinski definition) is 0. The van der Waals surface area contributed by atoms with Crippen molar-refractivity contribution in [1.29, 1.82) is 0 Å². The van der Waals surface area contributed by atoms with Crippen LogP contribution in [-0.4, -0.2) is 14.1 Å². The maximum absolute atomic E-state index is 12.6. The summed E-state index contributed by atoms with van der Waals surface area (Å²) in [6.07, 6.45) is 0. The molecule has 0 aliphatic heterocycles. The van der Waals surface area contributed by atoms with Crippen molar-refractivity contribution < 1.29 is 0 Å². The Morgan fingerprint density at radius 1 is 0.500 bits per heavy atom. The zero-order valence-corrected chi connectivity index (χ0v) is 16.8. The van der Waals surface area contributed by atoms with E-state index >= 15 is 0 Å². The molecule has 5 rings (SSSR count). The lowest BCUT2D eigenvalue weighted by atomic mass is 10.0. The van der Waals surface area contributed by atoms with Crippen LogP contribution in [0.25, 0.3) is 21.5 Å². The third-order valence-corrected chi connectivity index (χ3v) is 5.79. The smallest absolute Gasteiger partial charge is 0.253 e. The van der Waals surface area contributed by atoms with Crippen molar-refractivity contribution >= 4 is 44.3 Å². The normalized spacial score (nSPS) is 11.3. The lowest BCUT2D eigenvalue weighted by Gasteiger charge is -2.30. The number of nitrogens with zero attached hydrogens (tertiary/aromatic N) is 2. The highest BCUT2D eigenvalue weighted by Crippen LogP contribution is 2.37. The van der Waals surface area contributed by atoms with Gasteiger partial charge in [0.1, 0.15) is 11.4 Å². The van der Waals surface area contributed by atoms with Gasteiger partial charge in [-0.05, 0) is 22.9 Å². The van der Waals surface area contributed by atoms with Crippen LogP contribution in [0, 0.1) is 0 Å². The highest BCUT2D eigenvalue weighted by Gasteiger charge is 2.29. The monoisotopic (exact) mass is 392 g/mol. The summed E-state index contributed by atoms with van der Waals surface area (Å²) >= 11 is 0. The maximum atomic E-state index is 12.6. The van der Waals surface area contributed by atoms with Crippen molar-refractivity contribution in [2.24, 2.45) is 0 Å². The Hall–Kier alpha value is -3.92. The summed E-state index contributed by atoms with van der Waals surface area (Å²) in [4.78, 5) is 29.0. The van der Waals surface area contributed by atoms with Crippen molar-refractivity contribution in [2.75, 3.05) is 23.9 Å². The molecule has 5 aromatic carbocycles. The number of hydrogen-bond acceptors (Lipinski definition) is 4. The van der Waals surface area contributed by atoms with E-state index in [1.165, 1.54) is 0 Å². The van der Waals surface area contributed by atoms with Crippen LogP contribution in [0.1, 0.15) is 0 Å². The molecule has 0 N–H and O–H groups in total. The Morgan fingerprint density at radius 2 is 0.867 bits per heavy atom. The summed E-state index contributed by atoms with van der Waals surface area (Å²) in [5.41, 5.74) is 1.74. The van der Waals surface area contributed by atoms with Gasteiger partial charge in [-0.1, -0.05) is 72.8 Å². The minimum atomic E-state index is -0.451. The van der Waals surface area contributed by atoms with Crippen LogP contribution < -0.4 is 20.7 Å². The highest BCUT2D eigenvalue weighted by atomic mass is 16.2. The van der Waals surface area contributed by atoms with E-state index in [0.717, 1.165) is 32.9 Å². The summed E-state index contributed by atoms with van der Waals surface area (Å²) in [5.74, 6) is 0. The number of benzene rings is 4. The third kappa shape index (κ3) is 2.61. The average Bonchev–Trinajstić information content (AvgIpc) is 2.80. The number of anilines is 4. The van der Waals surface area contributed by atoms with Gasteiger partial charge in [-0.3, -0.25) is 9.59 Å². The molecule has 0 bridgehead atoms. The molecular weight excluding hydrogens is 372 g/mol. The molecule has 0 radical (unpaired) electrons. The predicted octanol–water partition coefficient (Wildman–Crippen LogP) is 5.12. The average molecular weight is 392 g/mol. The first-order valence-electron chi connectivity index (χ1n) is 9.84. The molecule has 0 amide bonds. The summed E-state index contributed by atoms with van der Waals surface area (Å²) in [5, 5.41) is 4.25. The molecule has 0 aromatic heterocycles. The Labute approximate surface area is 173 Å². The predicted molar refractivity (Wildman–Crippen MR) is 125 cm³/mol. The lowest BCUT2D eigenvalue weighted by molar-refractivity contribution is 1.10. The maximum Gasteiger partial charge on any atom is 0.253 e. The van der Waals surface area contributed by atoms with Crippen LogP contribution in [0.15, 0.2) is 94.5 Å². The quantitative estimate of drug-likeness (QED) is 0.398. The number of rotatable bonds is 4. The molecule has 4 nitrogen and oxygen atoms in total. The summed E-state index contributed by atoms with van der Waals surface area (Å²) in [7, 11) is 3.69. The van der Waals surface area contributed by atoms with E-state index < -0.39 is 10.9 Å². The standard InChI is InChI=1S/C26H20N2O2/c1-27(21-15-7-11-17-9-3-5-13-19(17)21)23-24(26(30)25(23)29)28(2)22-16-8-12-18-10-4-6-14-20(18)22/h3-16H,1-2H3. The molecule has 0 spiro atoms. The van der Waals surface area contributed by atoms with Gasteiger partial charge in [0.05, 0.1) is 0 Å². The van der Waals surface area contributed by atoms with Crippen LogP contribution in [0.5, 0.6) is 0 Å². The van der Waals surface area contributed by atoms with Crippen molar-refractivity contribution in [1.82, 2.24) is 0 Å². The second-order valence-electron chi connectivity index (χ2n) is 7.47. The van der Waals surface area contributed by atoms with E-state index in [-0.39, 0.29) is 0 Å². The molecule has 0 unspecified atom stereocenters. The second kappa shape index (κ2) is 6.85. The summed E-state index contributed by atoms with van der Waals surface area (Å²) in [6.45, 7) is 0. The Morgan fingerprint density at radius 3 is 1.30 bits per heavy atom. The molecule has 5 aromatic rings. The SMILES string of the molecule is CN(c1c(N(C)c2cccc3ccccc23)c(=O)c1=O)c1cccc2ccccc12. The van der Waals surface area contributed by atoms with E-state index in [1.807, 2.05) is 109 Å². The summed E-state index contributed by atoms with van der Waals surface area (Å²) in [6, 6.07) is 28.0. The van der Waals surface area contributed by atoms with Crippen LogP contribution in [0.3, 0.4) is 0 Å². The van der Waals surface area contributed by atoms with Gasteiger partial charge in [-0.25, -0.2) is 0 Å². The molecule has 0 saturated carbocycles. The fraction of sp³-hybridized carbons (Fsp3) is 0.0769. The minimum absolute atomic E-state index is 0.423. The van der Waals surface area contributed by atoms with Crippen LogP contribution >= 0.6 is 0 Å². The van der Waals surface area contributed by atoms with E-state index in [9.17, 15) is 9.59 Å². The molecule has 0 heterocycles. The Balaban J connectivity index is 1.65. The molecule has 146 valence electrons. The van der Waals surface area contributed by atoms with Gasteiger partial charge in [0.25, 0.3) is 10.9 Å². The molecule has 0 saturated heterocycles. The summed E-state index contributed by atoms with van der Waals surface area (Å²) < 4.78 is 0. The Kier molecular flexibility index (Phi) is 4.14. The lowest BCUT2D eigenvalue weighted by Crippen LogP contribution is -2.42. The first kappa shape index (κ1) is 18.1. The van der Waals surface area contributed by atoms with Gasteiger partial charge >= 0.3 is 0 Å². The fourth-order valence-corrected chi connectivity index (χ4v) is 4.23. The first-order chi connectivity index (χ1) is 14.6. The van der Waals surface area contributed by atoms with Crippen molar-refractivity contribution in [3.8, 4) is 0 Å². The third-order valence-electron chi connectivity index (χ3n) is 5.79. The Bertz CT molecular complexity index is 1350. The van der Waals surface area contributed by atoms with Gasteiger partial charge < -0.3 is 9.80 Å². The van der Waals surface area contributed by atoms with Crippen LogP contribution in [0.2, 0.25) is 0 Å². The minimum Gasteiger partial charge on any atom is -0.339 e. The van der Waals surface area contributed by atoms with Crippen molar-refractivity contribution in [3.05, 3.63) is 105 Å². The molecule has 4 heteroatoms. The highest BCUT2D eigenvalue weighted by molar-refractivity contribution is 6.00. The zero-order chi connectivity index (χ0) is 20.8. The molecular formula is C26H20N2O2. The van der Waals surface area contributed by atoms with E-state index in [1.54, 1.807) is 0 Å². The molecule has 30 heavy (non-hydrogen) atoms. The van der Waals surface area contributed by atoms with Gasteiger partial charge in [0, 0.05) is 36.2 Å². The van der Waals surface area contributed by atoms with Gasteiger partial charge in [0.2, 0.25) is 0 Å². The molecule has 0 atom stereocenters. The second-order valence-corrected chi connectivity index (χ2v) is 7.47. The van der Waals surface area contributed by atoms with E-state index in [2.05, 4.69) is 0 Å². The zero-order valence-electron chi connectivity index (χ0n) is 16.8. The largest absolute Gasteiger partial charge is 0.339 e. The van der Waals surface area contributed by atoms with Crippen LogP contribution in [0.4, 0.5) is 22.7 Å². The fourth-order valence-electron chi connectivity index (χ4n) is 4.23. The van der Waals surface area contributed by atoms with Gasteiger partial charge in [-0.2, -0.15) is 0 Å². The molecule has 0 aliphatic rings.